The number of hydrogen-bond donors (Lipinski definition) is 1. The molecule has 3 rings (SSSR count). The zero-order valence-electron chi connectivity index (χ0n) is 16.1. The summed E-state index contributed by atoms with van der Waals surface area (Å²) < 4.78 is 31.4. The molecule has 3 heterocycles. The molecule has 2 aromatic heterocycles. The number of hydrogen-bond acceptors (Lipinski definition) is 7. The van der Waals surface area contributed by atoms with Gasteiger partial charge < -0.3 is 20.3 Å². The SMILES string of the molecule is CN(C(=O)OC(C)(C)C)C1CN(c2cc(-c3cnn(C(F)F)c3)nc(N)n2)C1. The first-order chi connectivity index (χ1) is 13.0. The second-order valence-corrected chi connectivity index (χ2v) is 7.61. The van der Waals surface area contributed by atoms with Crippen LogP contribution in [0.1, 0.15) is 27.3 Å². The Morgan fingerprint density at radius 1 is 1.36 bits per heavy atom. The molecule has 11 heteroatoms. The molecule has 9 nitrogen and oxygen atoms in total. The van der Waals surface area contributed by atoms with Gasteiger partial charge in [-0.15, -0.1) is 0 Å². The van der Waals surface area contributed by atoms with Gasteiger partial charge in [-0.1, -0.05) is 0 Å². The van der Waals surface area contributed by atoms with Gasteiger partial charge >= 0.3 is 12.6 Å². The van der Waals surface area contributed by atoms with Crippen LogP contribution in [-0.2, 0) is 4.74 Å². The van der Waals surface area contributed by atoms with Crippen molar-refractivity contribution in [2.75, 3.05) is 30.8 Å². The number of rotatable bonds is 4. The van der Waals surface area contributed by atoms with Gasteiger partial charge in [0, 0.05) is 38.0 Å². The Balaban J connectivity index is 1.69. The van der Waals surface area contributed by atoms with E-state index in [9.17, 15) is 13.6 Å². The lowest BCUT2D eigenvalue weighted by atomic mass is 10.1. The largest absolute Gasteiger partial charge is 0.444 e. The highest BCUT2D eigenvalue weighted by molar-refractivity contribution is 5.69. The van der Waals surface area contributed by atoms with Crippen molar-refractivity contribution < 1.29 is 18.3 Å². The van der Waals surface area contributed by atoms with Crippen molar-refractivity contribution in [2.24, 2.45) is 0 Å². The van der Waals surface area contributed by atoms with Crippen molar-refractivity contribution in [2.45, 2.75) is 39.0 Å². The van der Waals surface area contributed by atoms with E-state index in [0.29, 0.717) is 34.8 Å². The van der Waals surface area contributed by atoms with Gasteiger partial charge in [-0.3, -0.25) is 0 Å². The van der Waals surface area contributed by atoms with Crippen molar-refractivity contribution in [3.8, 4) is 11.3 Å². The number of alkyl halides is 2. The summed E-state index contributed by atoms with van der Waals surface area (Å²) in [6, 6.07) is 1.63. The number of nitrogens with zero attached hydrogens (tertiary/aromatic N) is 6. The molecule has 0 bridgehead atoms. The maximum absolute atomic E-state index is 12.7. The van der Waals surface area contributed by atoms with Crippen LogP contribution in [0.3, 0.4) is 0 Å². The van der Waals surface area contributed by atoms with E-state index >= 15 is 0 Å². The molecule has 28 heavy (non-hydrogen) atoms. The zero-order chi connectivity index (χ0) is 20.6. The summed E-state index contributed by atoms with van der Waals surface area (Å²) in [5.41, 5.74) is 6.04. The minimum absolute atomic E-state index is 0.0289. The molecule has 152 valence electrons. The summed E-state index contributed by atoms with van der Waals surface area (Å²) >= 11 is 0. The molecule has 1 fully saturated rings. The van der Waals surface area contributed by atoms with Crippen molar-refractivity contribution in [3.63, 3.8) is 0 Å². The van der Waals surface area contributed by atoms with Gasteiger partial charge in [0.15, 0.2) is 0 Å². The van der Waals surface area contributed by atoms with Crippen molar-refractivity contribution in [1.82, 2.24) is 24.6 Å². The van der Waals surface area contributed by atoms with E-state index in [1.807, 2.05) is 25.7 Å². The standard InChI is InChI=1S/C17H23F2N7O2/c1-17(2,3)28-16(27)24(4)11-8-25(9-11)13-5-12(22-15(20)23-13)10-6-21-26(7-10)14(18)19/h5-7,11,14H,8-9H2,1-4H3,(H2,20,22,23). The molecule has 2 aromatic rings. The Morgan fingerprint density at radius 2 is 2.04 bits per heavy atom. The smallest absolute Gasteiger partial charge is 0.410 e. The monoisotopic (exact) mass is 395 g/mol. The minimum Gasteiger partial charge on any atom is -0.444 e. The molecular weight excluding hydrogens is 372 g/mol. The first-order valence-corrected chi connectivity index (χ1v) is 8.71. The van der Waals surface area contributed by atoms with Crippen LogP contribution in [0.2, 0.25) is 0 Å². The van der Waals surface area contributed by atoms with E-state index in [2.05, 4.69) is 15.1 Å². The lowest BCUT2D eigenvalue weighted by molar-refractivity contribution is 0.0196. The van der Waals surface area contributed by atoms with Crippen LogP contribution in [0.15, 0.2) is 18.5 Å². The van der Waals surface area contributed by atoms with Crippen LogP contribution >= 0.6 is 0 Å². The van der Waals surface area contributed by atoms with Gasteiger partial charge in [0.05, 0.1) is 17.9 Å². The number of halogens is 2. The van der Waals surface area contributed by atoms with Crippen molar-refractivity contribution in [3.05, 3.63) is 18.5 Å². The highest BCUT2D eigenvalue weighted by Crippen LogP contribution is 2.27. The summed E-state index contributed by atoms with van der Waals surface area (Å²) in [5, 5.41) is 3.61. The number of amides is 1. The third-order valence-electron chi connectivity index (χ3n) is 4.24. The lowest BCUT2D eigenvalue weighted by Gasteiger charge is -2.44. The minimum atomic E-state index is -2.73. The summed E-state index contributed by atoms with van der Waals surface area (Å²) in [5.74, 6) is 0.586. The van der Waals surface area contributed by atoms with Gasteiger partial charge in [-0.25, -0.2) is 14.5 Å². The number of anilines is 2. The van der Waals surface area contributed by atoms with E-state index in [-0.39, 0.29) is 18.1 Å². The van der Waals surface area contributed by atoms with E-state index in [1.165, 1.54) is 12.4 Å². The average molecular weight is 395 g/mol. The Kier molecular flexibility index (Phi) is 5.09. The fourth-order valence-corrected chi connectivity index (χ4v) is 2.71. The third kappa shape index (κ3) is 4.29. The van der Waals surface area contributed by atoms with Crippen LogP contribution in [0.4, 0.5) is 25.3 Å². The second kappa shape index (κ2) is 7.21. The van der Waals surface area contributed by atoms with Crippen LogP contribution in [0.25, 0.3) is 11.3 Å². The molecule has 0 aromatic carbocycles. The molecule has 0 unspecified atom stereocenters. The predicted octanol–water partition coefficient (Wildman–Crippen LogP) is 2.37. The maximum Gasteiger partial charge on any atom is 0.410 e. The molecule has 2 N–H and O–H groups in total. The first-order valence-electron chi connectivity index (χ1n) is 8.71. The summed E-state index contributed by atoms with van der Waals surface area (Å²) in [6.07, 6.45) is 2.11. The average Bonchev–Trinajstić information content (AvgIpc) is 3.01. The van der Waals surface area contributed by atoms with Crippen LogP contribution < -0.4 is 10.6 Å². The van der Waals surface area contributed by atoms with Gasteiger partial charge in [0.1, 0.15) is 11.4 Å². The van der Waals surface area contributed by atoms with E-state index < -0.39 is 12.2 Å². The quantitative estimate of drug-likeness (QED) is 0.848. The summed E-state index contributed by atoms with van der Waals surface area (Å²) in [6.45, 7) is 3.80. The molecule has 0 aliphatic carbocycles. The van der Waals surface area contributed by atoms with Crippen LogP contribution in [-0.4, -0.2) is 62.5 Å². The Morgan fingerprint density at radius 3 is 2.61 bits per heavy atom. The molecule has 0 saturated carbocycles. The van der Waals surface area contributed by atoms with Gasteiger partial charge in [-0.2, -0.15) is 18.9 Å². The Labute approximate surface area is 161 Å². The second-order valence-electron chi connectivity index (χ2n) is 7.61. The maximum atomic E-state index is 12.7. The van der Waals surface area contributed by atoms with Gasteiger partial charge in [0.25, 0.3) is 0 Å². The molecular formula is C17H23F2N7O2. The fraction of sp³-hybridized carbons (Fsp3) is 0.529. The van der Waals surface area contributed by atoms with Crippen LogP contribution in [0.5, 0.6) is 0 Å². The molecule has 0 atom stereocenters. The lowest BCUT2D eigenvalue weighted by Crippen LogP contribution is -2.60. The number of aromatic nitrogens is 4. The number of ether oxygens (including phenoxy) is 1. The van der Waals surface area contributed by atoms with Gasteiger partial charge in [0.2, 0.25) is 5.95 Å². The summed E-state index contributed by atoms with van der Waals surface area (Å²) in [7, 11) is 1.69. The van der Waals surface area contributed by atoms with E-state index in [1.54, 1.807) is 18.0 Å². The topological polar surface area (TPSA) is 102 Å². The predicted molar refractivity (Wildman–Crippen MR) is 98.9 cm³/mol. The number of nitrogens with two attached hydrogens (primary N) is 1. The summed E-state index contributed by atoms with van der Waals surface area (Å²) in [4.78, 5) is 23.9. The van der Waals surface area contributed by atoms with Crippen LogP contribution in [0, 0.1) is 0 Å². The highest BCUT2D eigenvalue weighted by Gasteiger charge is 2.35. The van der Waals surface area contributed by atoms with E-state index in [4.69, 9.17) is 10.5 Å². The number of carbonyl (C=O) groups is 1. The van der Waals surface area contributed by atoms with Gasteiger partial charge in [-0.05, 0) is 20.8 Å². The fourth-order valence-electron chi connectivity index (χ4n) is 2.71. The molecule has 1 saturated heterocycles. The van der Waals surface area contributed by atoms with Crippen molar-refractivity contribution >= 4 is 17.9 Å². The Bertz CT molecular complexity index is 859. The van der Waals surface area contributed by atoms with Crippen molar-refractivity contribution in [1.29, 1.82) is 0 Å². The number of nitrogen functional groups attached to an aromatic ring is 1. The zero-order valence-corrected chi connectivity index (χ0v) is 16.1. The third-order valence-corrected chi connectivity index (χ3v) is 4.24. The molecule has 0 radical (unpaired) electrons. The normalized spacial score (nSPS) is 14.9. The highest BCUT2D eigenvalue weighted by atomic mass is 19.3. The number of carbonyl (C=O) groups excluding carboxylic acids is 1. The molecule has 1 amide bonds. The Hall–Kier alpha value is -2.98. The number of likely N-dealkylation sites (N-methyl/N-ethyl adjacent to an activating group) is 1. The molecule has 0 spiro atoms. The molecule has 1 aliphatic rings. The molecule has 1 aliphatic heterocycles. The first kappa shape index (κ1) is 19.8. The van der Waals surface area contributed by atoms with E-state index in [0.717, 1.165) is 0 Å².